The molecule has 122 valence electrons. The Labute approximate surface area is 135 Å². The highest BCUT2D eigenvalue weighted by atomic mass is 16.5. The summed E-state index contributed by atoms with van der Waals surface area (Å²) in [4.78, 5) is 28.3. The number of esters is 2. The van der Waals surface area contributed by atoms with Gasteiger partial charge in [-0.3, -0.25) is 9.59 Å². The fourth-order valence-corrected chi connectivity index (χ4v) is 3.74. The summed E-state index contributed by atoms with van der Waals surface area (Å²) in [6, 6.07) is 8.05. The lowest BCUT2D eigenvalue weighted by Gasteiger charge is -2.26. The van der Waals surface area contributed by atoms with Gasteiger partial charge in [-0.2, -0.15) is 0 Å². The molecule has 1 aliphatic rings. The average molecular weight is 315 g/mol. The van der Waals surface area contributed by atoms with Crippen molar-refractivity contribution in [3.63, 3.8) is 0 Å². The highest BCUT2D eigenvalue weighted by Crippen LogP contribution is 2.43. The second kappa shape index (κ2) is 5.72. The van der Waals surface area contributed by atoms with Gasteiger partial charge in [0, 0.05) is 23.0 Å². The highest BCUT2D eigenvalue weighted by molar-refractivity contribution is 6.00. The van der Waals surface area contributed by atoms with Crippen molar-refractivity contribution in [3.8, 4) is 0 Å². The van der Waals surface area contributed by atoms with E-state index in [0.29, 0.717) is 6.42 Å². The number of hydrogen-bond donors (Lipinski definition) is 1. The lowest BCUT2D eigenvalue weighted by Crippen LogP contribution is -2.43. The van der Waals surface area contributed by atoms with Crippen molar-refractivity contribution in [1.29, 1.82) is 0 Å². The van der Waals surface area contributed by atoms with Crippen molar-refractivity contribution in [1.82, 2.24) is 4.98 Å². The normalized spacial score (nSPS) is 19.7. The zero-order valence-corrected chi connectivity index (χ0v) is 13.6. The van der Waals surface area contributed by atoms with Crippen molar-refractivity contribution in [2.75, 3.05) is 14.2 Å². The van der Waals surface area contributed by atoms with E-state index >= 15 is 0 Å². The van der Waals surface area contributed by atoms with E-state index in [0.717, 1.165) is 23.0 Å². The van der Waals surface area contributed by atoms with Gasteiger partial charge >= 0.3 is 11.9 Å². The zero-order chi connectivity index (χ0) is 16.6. The van der Waals surface area contributed by atoms with Crippen LogP contribution in [0.2, 0.25) is 0 Å². The summed E-state index contributed by atoms with van der Waals surface area (Å²) in [5.41, 5.74) is 1.86. The van der Waals surface area contributed by atoms with Crippen LogP contribution in [-0.2, 0) is 25.5 Å². The van der Waals surface area contributed by atoms with E-state index < -0.39 is 17.4 Å². The van der Waals surface area contributed by atoms with Gasteiger partial charge < -0.3 is 14.5 Å². The molecule has 1 atom stereocenters. The molecule has 0 fully saturated rings. The first kappa shape index (κ1) is 15.6. The van der Waals surface area contributed by atoms with E-state index in [1.807, 2.05) is 18.2 Å². The maximum atomic E-state index is 12.4. The van der Waals surface area contributed by atoms with Crippen LogP contribution in [0.4, 0.5) is 0 Å². The molecular weight excluding hydrogens is 294 g/mol. The van der Waals surface area contributed by atoms with E-state index in [-0.39, 0.29) is 12.3 Å². The maximum absolute atomic E-state index is 12.4. The van der Waals surface area contributed by atoms with Crippen LogP contribution in [0.1, 0.15) is 36.9 Å². The molecule has 5 heteroatoms. The van der Waals surface area contributed by atoms with Gasteiger partial charge in [0.1, 0.15) is 0 Å². The number of aromatic nitrogens is 1. The number of carbonyl (C=O) groups is 2. The van der Waals surface area contributed by atoms with Crippen LogP contribution in [0, 0.1) is 5.41 Å². The molecule has 0 saturated heterocycles. The Kier molecular flexibility index (Phi) is 3.88. The number of fused-ring (bicyclic) bond motifs is 3. The minimum Gasteiger partial charge on any atom is -0.468 e. The highest BCUT2D eigenvalue weighted by Gasteiger charge is 2.50. The van der Waals surface area contributed by atoms with Gasteiger partial charge in [-0.25, -0.2) is 0 Å². The number of para-hydroxylation sites is 1. The van der Waals surface area contributed by atoms with Gasteiger partial charge in [0.25, 0.3) is 0 Å². The van der Waals surface area contributed by atoms with Crippen LogP contribution in [-0.4, -0.2) is 31.1 Å². The molecule has 0 amide bonds. The van der Waals surface area contributed by atoms with Crippen LogP contribution in [0.25, 0.3) is 10.9 Å². The average Bonchev–Trinajstić information content (AvgIpc) is 2.87. The monoisotopic (exact) mass is 315 g/mol. The fraction of sp³-hybridized carbons (Fsp3) is 0.444. The Morgan fingerprint density at radius 1 is 1.17 bits per heavy atom. The minimum absolute atomic E-state index is 0.248. The van der Waals surface area contributed by atoms with Gasteiger partial charge in [0.15, 0.2) is 5.41 Å². The van der Waals surface area contributed by atoms with E-state index in [4.69, 9.17) is 9.47 Å². The third-order valence-corrected chi connectivity index (χ3v) is 4.96. The Morgan fingerprint density at radius 3 is 2.48 bits per heavy atom. The molecule has 0 saturated carbocycles. The van der Waals surface area contributed by atoms with E-state index in [2.05, 4.69) is 18.0 Å². The summed E-state index contributed by atoms with van der Waals surface area (Å²) in [7, 11) is 2.63. The Hall–Kier alpha value is -2.30. The first-order valence-electron chi connectivity index (χ1n) is 7.80. The van der Waals surface area contributed by atoms with E-state index in [9.17, 15) is 9.59 Å². The van der Waals surface area contributed by atoms with Crippen LogP contribution < -0.4 is 0 Å². The van der Waals surface area contributed by atoms with E-state index in [1.165, 1.54) is 19.8 Å². The fourth-order valence-electron chi connectivity index (χ4n) is 3.74. The molecule has 5 nitrogen and oxygen atoms in total. The predicted molar refractivity (Wildman–Crippen MR) is 86.1 cm³/mol. The topological polar surface area (TPSA) is 68.4 Å². The van der Waals surface area contributed by atoms with Crippen LogP contribution in [0.5, 0.6) is 0 Å². The van der Waals surface area contributed by atoms with E-state index in [1.54, 1.807) is 0 Å². The first-order chi connectivity index (χ1) is 11.0. The Bertz CT molecular complexity index is 745. The molecule has 0 bridgehead atoms. The molecule has 1 aromatic heterocycles. The van der Waals surface area contributed by atoms with Crippen LogP contribution in [0.3, 0.4) is 0 Å². The number of ether oxygens (including phenoxy) is 2. The first-order valence-corrected chi connectivity index (χ1v) is 7.80. The van der Waals surface area contributed by atoms with Gasteiger partial charge in [-0.1, -0.05) is 25.1 Å². The third-order valence-electron chi connectivity index (χ3n) is 4.96. The van der Waals surface area contributed by atoms with Gasteiger partial charge in [-0.05, 0) is 30.4 Å². The van der Waals surface area contributed by atoms with Crippen LogP contribution >= 0.6 is 0 Å². The summed E-state index contributed by atoms with van der Waals surface area (Å²) in [5.74, 6) is -0.802. The maximum Gasteiger partial charge on any atom is 0.323 e. The van der Waals surface area contributed by atoms with Crippen molar-refractivity contribution >= 4 is 22.8 Å². The molecular formula is C18H21NO4. The SMILES string of the molecule is COC(=O)C1(C(=O)OC)CCC(C)c2c([nH]c3ccccc23)C1. The number of nitrogens with one attached hydrogen (secondary N) is 1. The number of carbonyl (C=O) groups excluding carboxylic acids is 2. The van der Waals surface area contributed by atoms with Crippen molar-refractivity contribution < 1.29 is 19.1 Å². The van der Waals surface area contributed by atoms with Gasteiger partial charge in [-0.15, -0.1) is 0 Å². The molecule has 1 unspecified atom stereocenters. The summed E-state index contributed by atoms with van der Waals surface area (Å²) in [6.45, 7) is 2.13. The second-order valence-corrected chi connectivity index (χ2v) is 6.24. The summed E-state index contributed by atoms with van der Waals surface area (Å²) in [6.07, 6.45) is 1.42. The molecule has 0 aliphatic heterocycles. The van der Waals surface area contributed by atoms with Crippen molar-refractivity contribution in [3.05, 3.63) is 35.5 Å². The molecule has 23 heavy (non-hydrogen) atoms. The molecule has 1 heterocycles. The Morgan fingerprint density at radius 2 is 1.83 bits per heavy atom. The number of aromatic amines is 1. The number of benzene rings is 1. The number of methoxy groups -OCH3 is 2. The third kappa shape index (κ3) is 2.31. The molecule has 1 aromatic carbocycles. The molecule has 2 aromatic rings. The largest absolute Gasteiger partial charge is 0.468 e. The summed E-state index contributed by atoms with van der Waals surface area (Å²) >= 11 is 0. The predicted octanol–water partition coefficient (Wildman–Crippen LogP) is 2.94. The quantitative estimate of drug-likeness (QED) is 0.525. The molecule has 0 spiro atoms. The zero-order valence-electron chi connectivity index (χ0n) is 13.6. The molecule has 3 rings (SSSR count). The number of rotatable bonds is 2. The molecule has 0 radical (unpaired) electrons. The molecule has 1 N–H and O–H groups in total. The number of hydrogen-bond acceptors (Lipinski definition) is 4. The number of H-pyrrole nitrogens is 1. The summed E-state index contributed by atoms with van der Waals surface area (Å²) < 4.78 is 9.88. The van der Waals surface area contributed by atoms with Crippen molar-refractivity contribution in [2.45, 2.75) is 32.1 Å². The minimum atomic E-state index is -1.27. The second-order valence-electron chi connectivity index (χ2n) is 6.24. The van der Waals surface area contributed by atoms with Gasteiger partial charge in [0.05, 0.1) is 14.2 Å². The lowest BCUT2D eigenvalue weighted by atomic mass is 9.79. The smallest absolute Gasteiger partial charge is 0.323 e. The van der Waals surface area contributed by atoms with Crippen molar-refractivity contribution in [2.24, 2.45) is 5.41 Å². The summed E-state index contributed by atoms with van der Waals surface area (Å²) in [5, 5.41) is 1.15. The van der Waals surface area contributed by atoms with Crippen LogP contribution in [0.15, 0.2) is 24.3 Å². The van der Waals surface area contributed by atoms with Gasteiger partial charge in [0.2, 0.25) is 0 Å². The molecule has 1 aliphatic carbocycles. The standard InChI is InChI=1S/C18H21NO4/c1-11-8-9-18(16(20)22-2,17(21)23-3)10-14-15(11)12-6-4-5-7-13(12)19-14/h4-7,11,19H,8-10H2,1-3H3. The lowest BCUT2D eigenvalue weighted by molar-refractivity contribution is -0.169. The Balaban J connectivity index is 2.18.